The van der Waals surface area contributed by atoms with E-state index < -0.39 is 0 Å². The zero-order valence-corrected chi connectivity index (χ0v) is 11.2. The van der Waals surface area contributed by atoms with Gasteiger partial charge in [-0.15, -0.1) is 11.3 Å². The van der Waals surface area contributed by atoms with Gasteiger partial charge in [0.2, 0.25) is 0 Å². The molecule has 0 saturated heterocycles. The fourth-order valence-corrected chi connectivity index (χ4v) is 2.88. The Hall–Kier alpha value is -2.13. The van der Waals surface area contributed by atoms with Gasteiger partial charge in [-0.2, -0.15) is 0 Å². The molecule has 0 amide bonds. The molecular formula is C16H14N2S. The zero-order chi connectivity index (χ0) is 13.1. The summed E-state index contributed by atoms with van der Waals surface area (Å²) in [5.41, 5.74) is 10.2. The summed E-state index contributed by atoms with van der Waals surface area (Å²) >= 11 is 1.64. The van der Waals surface area contributed by atoms with Crippen LogP contribution in [0.3, 0.4) is 0 Å². The summed E-state index contributed by atoms with van der Waals surface area (Å²) in [6.45, 7) is 0. The standard InChI is InChI=1S/C16H14N2S/c17-15-9-5-4-8-14(15)16-18-13(11-19-16)10-12-6-2-1-3-7-12/h1-9,11H,10,17H2. The molecule has 0 aliphatic rings. The lowest BCUT2D eigenvalue weighted by atomic mass is 10.1. The third-order valence-corrected chi connectivity index (χ3v) is 3.90. The molecule has 19 heavy (non-hydrogen) atoms. The molecule has 0 atom stereocenters. The summed E-state index contributed by atoms with van der Waals surface area (Å²) < 4.78 is 0. The molecular weight excluding hydrogens is 252 g/mol. The molecule has 1 heterocycles. The second kappa shape index (κ2) is 5.24. The third-order valence-electron chi connectivity index (χ3n) is 2.97. The van der Waals surface area contributed by atoms with Crippen LogP contribution in [0, 0.1) is 0 Å². The van der Waals surface area contributed by atoms with Gasteiger partial charge in [-0.1, -0.05) is 42.5 Å². The SMILES string of the molecule is Nc1ccccc1-c1nc(Cc2ccccc2)cs1. The summed E-state index contributed by atoms with van der Waals surface area (Å²) in [6.07, 6.45) is 0.865. The van der Waals surface area contributed by atoms with Crippen molar-refractivity contribution in [1.82, 2.24) is 4.98 Å². The summed E-state index contributed by atoms with van der Waals surface area (Å²) in [4.78, 5) is 4.68. The van der Waals surface area contributed by atoms with Crippen LogP contribution in [-0.4, -0.2) is 4.98 Å². The number of hydrogen-bond acceptors (Lipinski definition) is 3. The first kappa shape index (κ1) is 11.9. The van der Waals surface area contributed by atoms with Crippen molar-refractivity contribution in [2.45, 2.75) is 6.42 Å². The minimum Gasteiger partial charge on any atom is -0.398 e. The summed E-state index contributed by atoms with van der Waals surface area (Å²) in [6, 6.07) is 18.2. The van der Waals surface area contributed by atoms with E-state index in [2.05, 4.69) is 34.6 Å². The minimum absolute atomic E-state index is 0.781. The average Bonchev–Trinajstić information content (AvgIpc) is 2.89. The molecule has 0 saturated carbocycles. The Morgan fingerprint density at radius 1 is 0.947 bits per heavy atom. The maximum absolute atomic E-state index is 5.98. The summed E-state index contributed by atoms with van der Waals surface area (Å²) in [5, 5.41) is 3.10. The molecule has 94 valence electrons. The number of aromatic nitrogens is 1. The molecule has 0 fully saturated rings. The van der Waals surface area contributed by atoms with Gasteiger partial charge in [0, 0.05) is 23.1 Å². The fourth-order valence-electron chi connectivity index (χ4n) is 2.01. The van der Waals surface area contributed by atoms with E-state index >= 15 is 0 Å². The first-order valence-corrected chi connectivity index (χ1v) is 7.04. The van der Waals surface area contributed by atoms with Gasteiger partial charge in [-0.25, -0.2) is 4.98 Å². The largest absolute Gasteiger partial charge is 0.398 e. The quantitative estimate of drug-likeness (QED) is 0.728. The summed E-state index contributed by atoms with van der Waals surface area (Å²) in [7, 11) is 0. The van der Waals surface area contributed by atoms with Crippen LogP contribution in [-0.2, 0) is 6.42 Å². The van der Waals surface area contributed by atoms with Crippen LogP contribution in [0.4, 0.5) is 5.69 Å². The molecule has 0 aliphatic heterocycles. The van der Waals surface area contributed by atoms with Crippen molar-refractivity contribution in [3.8, 4) is 10.6 Å². The first-order chi connectivity index (χ1) is 9.33. The number of rotatable bonds is 3. The van der Waals surface area contributed by atoms with Crippen LogP contribution >= 0.6 is 11.3 Å². The molecule has 0 spiro atoms. The number of benzene rings is 2. The smallest absolute Gasteiger partial charge is 0.125 e. The van der Waals surface area contributed by atoms with Crippen molar-refractivity contribution < 1.29 is 0 Å². The Kier molecular flexibility index (Phi) is 3.29. The molecule has 3 aromatic rings. The normalized spacial score (nSPS) is 10.5. The van der Waals surface area contributed by atoms with E-state index in [0.717, 1.165) is 28.4 Å². The highest BCUT2D eigenvalue weighted by Crippen LogP contribution is 2.29. The average molecular weight is 266 g/mol. The first-order valence-electron chi connectivity index (χ1n) is 6.16. The van der Waals surface area contributed by atoms with Crippen LogP contribution < -0.4 is 5.73 Å². The van der Waals surface area contributed by atoms with Crippen molar-refractivity contribution in [2.75, 3.05) is 5.73 Å². The van der Waals surface area contributed by atoms with Gasteiger partial charge in [0.25, 0.3) is 0 Å². The van der Waals surface area contributed by atoms with Crippen molar-refractivity contribution >= 4 is 17.0 Å². The third kappa shape index (κ3) is 2.66. The van der Waals surface area contributed by atoms with Crippen molar-refractivity contribution in [3.63, 3.8) is 0 Å². The Labute approximate surface area is 116 Å². The lowest BCUT2D eigenvalue weighted by Gasteiger charge is -2.00. The van der Waals surface area contributed by atoms with E-state index in [1.165, 1.54) is 5.56 Å². The van der Waals surface area contributed by atoms with Gasteiger partial charge in [-0.3, -0.25) is 0 Å². The molecule has 0 unspecified atom stereocenters. The molecule has 2 aromatic carbocycles. The number of para-hydroxylation sites is 1. The van der Waals surface area contributed by atoms with Crippen LogP contribution in [0.15, 0.2) is 60.0 Å². The zero-order valence-electron chi connectivity index (χ0n) is 10.4. The predicted octanol–water partition coefficient (Wildman–Crippen LogP) is 3.98. The van der Waals surface area contributed by atoms with Gasteiger partial charge in [0.15, 0.2) is 0 Å². The fraction of sp³-hybridized carbons (Fsp3) is 0.0625. The lowest BCUT2D eigenvalue weighted by molar-refractivity contribution is 1.11. The number of nitrogens with two attached hydrogens (primary N) is 1. The molecule has 0 radical (unpaired) electrons. The second-order valence-electron chi connectivity index (χ2n) is 4.39. The maximum Gasteiger partial charge on any atom is 0.125 e. The summed E-state index contributed by atoms with van der Waals surface area (Å²) in [5.74, 6) is 0. The van der Waals surface area contributed by atoms with Crippen LogP contribution in [0.1, 0.15) is 11.3 Å². The van der Waals surface area contributed by atoms with Crippen LogP contribution in [0.25, 0.3) is 10.6 Å². The predicted molar refractivity (Wildman–Crippen MR) is 81.2 cm³/mol. The van der Waals surface area contributed by atoms with E-state index in [9.17, 15) is 0 Å². The number of thiazole rings is 1. The number of nitrogens with zero attached hydrogens (tertiary/aromatic N) is 1. The van der Waals surface area contributed by atoms with Gasteiger partial charge in [0.1, 0.15) is 5.01 Å². The molecule has 0 aliphatic carbocycles. The van der Waals surface area contributed by atoms with E-state index in [0.29, 0.717) is 0 Å². The number of anilines is 1. The Morgan fingerprint density at radius 3 is 2.47 bits per heavy atom. The Morgan fingerprint density at radius 2 is 1.68 bits per heavy atom. The van der Waals surface area contributed by atoms with E-state index in [4.69, 9.17) is 5.73 Å². The van der Waals surface area contributed by atoms with Crippen molar-refractivity contribution in [1.29, 1.82) is 0 Å². The molecule has 2 N–H and O–H groups in total. The van der Waals surface area contributed by atoms with Gasteiger partial charge in [0.05, 0.1) is 5.69 Å². The molecule has 1 aromatic heterocycles. The molecule has 2 nitrogen and oxygen atoms in total. The highest BCUT2D eigenvalue weighted by atomic mass is 32.1. The molecule has 0 bridgehead atoms. The van der Waals surface area contributed by atoms with E-state index in [-0.39, 0.29) is 0 Å². The Bertz CT molecular complexity index is 674. The minimum atomic E-state index is 0.781. The van der Waals surface area contributed by atoms with Gasteiger partial charge >= 0.3 is 0 Å². The molecule has 3 rings (SSSR count). The van der Waals surface area contributed by atoms with Crippen LogP contribution in [0.2, 0.25) is 0 Å². The number of nitrogen functional groups attached to an aromatic ring is 1. The van der Waals surface area contributed by atoms with E-state index in [1.54, 1.807) is 11.3 Å². The molecule has 3 heteroatoms. The monoisotopic (exact) mass is 266 g/mol. The van der Waals surface area contributed by atoms with Gasteiger partial charge in [-0.05, 0) is 17.7 Å². The number of hydrogen-bond donors (Lipinski definition) is 1. The lowest BCUT2D eigenvalue weighted by Crippen LogP contribution is -1.90. The van der Waals surface area contributed by atoms with Crippen molar-refractivity contribution in [2.24, 2.45) is 0 Å². The van der Waals surface area contributed by atoms with Crippen molar-refractivity contribution in [3.05, 3.63) is 71.2 Å². The second-order valence-corrected chi connectivity index (χ2v) is 5.25. The van der Waals surface area contributed by atoms with E-state index in [1.807, 2.05) is 30.3 Å². The maximum atomic E-state index is 5.98. The topological polar surface area (TPSA) is 38.9 Å². The van der Waals surface area contributed by atoms with Crippen LogP contribution in [0.5, 0.6) is 0 Å². The highest BCUT2D eigenvalue weighted by molar-refractivity contribution is 7.13. The highest BCUT2D eigenvalue weighted by Gasteiger charge is 2.07. The van der Waals surface area contributed by atoms with Gasteiger partial charge < -0.3 is 5.73 Å². The Balaban J connectivity index is 1.86.